The Kier molecular flexibility index (Phi) is 4.33. The monoisotopic (exact) mass is 380 g/mol. The smallest absolute Gasteiger partial charge is 0.0340 e. The maximum absolute atomic E-state index is 3.63. The van der Waals surface area contributed by atoms with Gasteiger partial charge in [0, 0.05) is 8.41 Å². The van der Waals surface area contributed by atoms with E-state index in [0.29, 0.717) is 3.92 Å². The maximum atomic E-state index is 3.63. The molecule has 1 unspecified atom stereocenters. The predicted molar refractivity (Wildman–Crippen MR) is 78.6 cm³/mol. The Bertz CT molecular complexity index is 285. The average molecular weight is 381 g/mol. The van der Waals surface area contributed by atoms with Crippen molar-refractivity contribution in [1.82, 2.24) is 0 Å². The summed E-state index contributed by atoms with van der Waals surface area (Å²) in [6.45, 7) is 2.39. The zero-order valence-corrected chi connectivity index (χ0v) is 12.9. The van der Waals surface area contributed by atoms with E-state index in [1.807, 2.05) is 0 Å². The third-order valence-corrected chi connectivity index (χ3v) is 4.93. The molecule has 0 nitrogen and oxygen atoms in total. The normalized spacial score (nSPS) is 37.1. The molecule has 2 rings (SSSR count). The van der Waals surface area contributed by atoms with Gasteiger partial charge in [-0.1, -0.05) is 69.9 Å². The van der Waals surface area contributed by atoms with Gasteiger partial charge in [-0.3, -0.25) is 0 Å². The maximum Gasteiger partial charge on any atom is 0.0340 e. The standard InChI is InChI=1S/C13H18BrI/c1-9-2-4-10(5-3-9)11-6-12(14)8-13(15)7-11/h6,8-10,13H,2-5,7H2,1H3. The van der Waals surface area contributed by atoms with Crippen LogP contribution >= 0.6 is 38.5 Å². The number of hydrogen-bond acceptors (Lipinski definition) is 0. The molecule has 0 N–H and O–H groups in total. The van der Waals surface area contributed by atoms with Crippen molar-refractivity contribution < 1.29 is 0 Å². The summed E-state index contributed by atoms with van der Waals surface area (Å²) >= 11 is 6.17. The second-order valence-electron chi connectivity index (χ2n) is 4.95. The molecule has 0 radical (unpaired) electrons. The van der Waals surface area contributed by atoms with Crippen LogP contribution in [0.4, 0.5) is 0 Å². The van der Waals surface area contributed by atoms with Crippen molar-refractivity contribution >= 4 is 38.5 Å². The molecule has 0 bridgehead atoms. The first kappa shape index (κ1) is 12.2. The summed E-state index contributed by atoms with van der Waals surface area (Å²) in [5.74, 6) is 1.83. The molecule has 1 saturated carbocycles. The molecule has 0 heterocycles. The molecule has 0 aliphatic heterocycles. The summed E-state index contributed by atoms with van der Waals surface area (Å²) in [5.41, 5.74) is 1.69. The first-order valence-electron chi connectivity index (χ1n) is 5.87. The number of hydrogen-bond donors (Lipinski definition) is 0. The van der Waals surface area contributed by atoms with E-state index in [0.717, 1.165) is 11.8 Å². The van der Waals surface area contributed by atoms with Crippen LogP contribution in [-0.4, -0.2) is 3.92 Å². The Balaban J connectivity index is 2.02. The fraction of sp³-hybridized carbons (Fsp3) is 0.692. The summed E-state index contributed by atoms with van der Waals surface area (Å²) in [4.78, 5) is 0. The minimum absolute atomic E-state index is 0.691. The van der Waals surface area contributed by atoms with E-state index in [1.165, 1.54) is 36.6 Å². The Hall–Kier alpha value is 0.690. The SMILES string of the molecule is CC1CCC(C2=CC(Br)=CC(I)C2)CC1. The molecule has 0 aromatic carbocycles. The van der Waals surface area contributed by atoms with Crippen LogP contribution in [0.5, 0.6) is 0 Å². The number of allylic oxidation sites excluding steroid dienone is 4. The van der Waals surface area contributed by atoms with Gasteiger partial charge >= 0.3 is 0 Å². The van der Waals surface area contributed by atoms with Gasteiger partial charge in [-0.15, -0.1) is 0 Å². The van der Waals surface area contributed by atoms with Crippen LogP contribution in [0.3, 0.4) is 0 Å². The highest BCUT2D eigenvalue weighted by atomic mass is 127. The summed E-state index contributed by atoms with van der Waals surface area (Å²) in [6, 6.07) is 0. The van der Waals surface area contributed by atoms with Crippen LogP contribution in [-0.2, 0) is 0 Å². The van der Waals surface area contributed by atoms with Crippen molar-refractivity contribution in [3.8, 4) is 0 Å². The topological polar surface area (TPSA) is 0 Å². The van der Waals surface area contributed by atoms with Gasteiger partial charge in [0.1, 0.15) is 0 Å². The molecule has 2 aliphatic carbocycles. The second kappa shape index (κ2) is 5.35. The van der Waals surface area contributed by atoms with E-state index in [-0.39, 0.29) is 0 Å². The Morgan fingerprint density at radius 1 is 1.27 bits per heavy atom. The molecule has 0 amide bonds. The summed E-state index contributed by atoms with van der Waals surface area (Å²) in [7, 11) is 0. The molecule has 1 fully saturated rings. The van der Waals surface area contributed by atoms with Gasteiger partial charge in [-0.25, -0.2) is 0 Å². The zero-order valence-electron chi connectivity index (χ0n) is 9.18. The zero-order chi connectivity index (χ0) is 10.8. The van der Waals surface area contributed by atoms with Gasteiger partial charge in [0.15, 0.2) is 0 Å². The van der Waals surface area contributed by atoms with Crippen molar-refractivity contribution in [3.05, 3.63) is 22.2 Å². The Morgan fingerprint density at radius 2 is 1.93 bits per heavy atom. The Labute approximate surface area is 115 Å². The van der Waals surface area contributed by atoms with Gasteiger partial charge in [-0.05, 0) is 37.2 Å². The molecular formula is C13H18BrI. The fourth-order valence-corrected chi connectivity index (χ4v) is 4.66. The van der Waals surface area contributed by atoms with Gasteiger partial charge in [-0.2, -0.15) is 0 Å². The molecule has 0 saturated heterocycles. The van der Waals surface area contributed by atoms with Gasteiger partial charge in [0.25, 0.3) is 0 Å². The van der Waals surface area contributed by atoms with Crippen LogP contribution in [0.2, 0.25) is 0 Å². The van der Waals surface area contributed by atoms with Crippen LogP contribution in [0, 0.1) is 11.8 Å². The van der Waals surface area contributed by atoms with Crippen molar-refractivity contribution in [2.24, 2.45) is 11.8 Å². The molecule has 84 valence electrons. The molecule has 1 atom stereocenters. The summed E-state index contributed by atoms with van der Waals surface area (Å²) in [5, 5.41) is 0. The first-order valence-corrected chi connectivity index (χ1v) is 7.91. The molecule has 2 aliphatic rings. The minimum atomic E-state index is 0.691. The van der Waals surface area contributed by atoms with Gasteiger partial charge in [0.05, 0.1) is 0 Å². The van der Waals surface area contributed by atoms with Crippen molar-refractivity contribution in [2.45, 2.75) is 43.0 Å². The lowest BCUT2D eigenvalue weighted by atomic mass is 9.77. The van der Waals surface area contributed by atoms with Crippen molar-refractivity contribution in [1.29, 1.82) is 0 Å². The lowest BCUT2D eigenvalue weighted by Crippen LogP contribution is -2.17. The third kappa shape index (κ3) is 3.32. The molecule has 0 aromatic rings. The summed E-state index contributed by atoms with van der Waals surface area (Å²) in [6.07, 6.45) is 11.6. The highest BCUT2D eigenvalue weighted by Gasteiger charge is 2.24. The van der Waals surface area contributed by atoms with E-state index >= 15 is 0 Å². The van der Waals surface area contributed by atoms with E-state index in [4.69, 9.17) is 0 Å². The van der Waals surface area contributed by atoms with Crippen LogP contribution in [0.25, 0.3) is 0 Å². The summed E-state index contributed by atoms with van der Waals surface area (Å²) < 4.78 is 1.98. The molecule has 2 heteroatoms. The minimum Gasteiger partial charge on any atom is -0.0777 e. The second-order valence-corrected chi connectivity index (χ2v) is 7.46. The quantitative estimate of drug-likeness (QED) is 0.431. The highest BCUT2D eigenvalue weighted by Crippen LogP contribution is 2.38. The number of halogens is 2. The molecule has 0 aromatic heterocycles. The number of alkyl halides is 1. The van der Waals surface area contributed by atoms with Crippen LogP contribution in [0.1, 0.15) is 39.0 Å². The predicted octanol–water partition coefficient (Wildman–Crippen LogP) is 5.23. The van der Waals surface area contributed by atoms with Crippen molar-refractivity contribution in [2.75, 3.05) is 0 Å². The van der Waals surface area contributed by atoms with Crippen LogP contribution in [0.15, 0.2) is 22.2 Å². The lowest BCUT2D eigenvalue weighted by molar-refractivity contribution is 0.316. The van der Waals surface area contributed by atoms with Gasteiger partial charge in [0.2, 0.25) is 0 Å². The fourth-order valence-electron chi connectivity index (χ4n) is 2.66. The Morgan fingerprint density at radius 3 is 2.53 bits per heavy atom. The lowest BCUT2D eigenvalue weighted by Gasteiger charge is -2.30. The molecule has 0 spiro atoms. The van der Waals surface area contributed by atoms with E-state index < -0.39 is 0 Å². The van der Waals surface area contributed by atoms with E-state index in [9.17, 15) is 0 Å². The largest absolute Gasteiger partial charge is 0.0777 e. The van der Waals surface area contributed by atoms with Crippen molar-refractivity contribution in [3.63, 3.8) is 0 Å². The third-order valence-electron chi connectivity index (χ3n) is 3.63. The molecular weight excluding hydrogens is 363 g/mol. The van der Waals surface area contributed by atoms with Crippen LogP contribution < -0.4 is 0 Å². The first-order chi connectivity index (χ1) is 7.15. The van der Waals surface area contributed by atoms with Gasteiger partial charge < -0.3 is 0 Å². The number of rotatable bonds is 1. The van der Waals surface area contributed by atoms with E-state index in [2.05, 4.69) is 57.6 Å². The van der Waals surface area contributed by atoms with E-state index in [1.54, 1.807) is 5.57 Å². The average Bonchev–Trinajstić information content (AvgIpc) is 2.17. The molecule has 15 heavy (non-hydrogen) atoms. The highest BCUT2D eigenvalue weighted by molar-refractivity contribution is 14.1.